The average Bonchev–Trinajstić information content (AvgIpc) is 2.51. The molecule has 0 amide bonds. The standard InChI is InChI=1S/C18H15P.Cs/c1-4-10-16(11-5-1)19(17-12-6-2-7-13-17)18-14-8-3-9-15-18;/h1-15H;. The van der Waals surface area contributed by atoms with Crippen molar-refractivity contribution in [2.45, 2.75) is 0 Å². The van der Waals surface area contributed by atoms with Crippen molar-refractivity contribution in [3.8, 4) is 0 Å². The Morgan fingerprint density at radius 2 is 0.650 bits per heavy atom. The Balaban J connectivity index is 0.00000147. The third-order valence-corrected chi connectivity index (χ3v) is 5.49. The number of rotatable bonds is 3. The molecule has 0 saturated heterocycles. The Bertz CT molecular complexity index is 529. The van der Waals surface area contributed by atoms with Crippen LogP contribution >= 0.6 is 7.92 Å². The minimum Gasteiger partial charge on any atom is -0.0622 e. The van der Waals surface area contributed by atoms with Gasteiger partial charge in [-0.05, 0) is 23.8 Å². The molecule has 1 radical (unpaired) electrons. The third-order valence-electron chi connectivity index (χ3n) is 3.04. The van der Waals surface area contributed by atoms with Crippen molar-refractivity contribution in [3.63, 3.8) is 0 Å². The molecule has 3 aromatic carbocycles. The van der Waals surface area contributed by atoms with Gasteiger partial charge in [0, 0.05) is 68.9 Å². The molecular formula is C18H15CsP. The monoisotopic (exact) mass is 395 g/mol. The Hall–Kier alpha value is 0.142. The molecule has 0 N–H and O–H groups in total. The molecule has 0 aliphatic heterocycles. The quantitative estimate of drug-likeness (QED) is 0.599. The van der Waals surface area contributed by atoms with Gasteiger partial charge in [0.1, 0.15) is 0 Å². The van der Waals surface area contributed by atoms with Crippen molar-refractivity contribution >= 4 is 92.7 Å². The first-order valence-corrected chi connectivity index (χ1v) is 7.74. The van der Waals surface area contributed by atoms with Crippen LogP contribution in [0.2, 0.25) is 0 Å². The molecule has 0 bridgehead atoms. The van der Waals surface area contributed by atoms with E-state index >= 15 is 0 Å². The second kappa shape index (κ2) is 8.55. The molecule has 0 unspecified atom stereocenters. The molecular weight excluding hydrogens is 380 g/mol. The second-order valence-corrected chi connectivity index (χ2v) is 6.56. The van der Waals surface area contributed by atoms with Gasteiger partial charge in [0.2, 0.25) is 0 Å². The van der Waals surface area contributed by atoms with E-state index in [-0.39, 0.29) is 68.9 Å². The summed E-state index contributed by atoms with van der Waals surface area (Å²) in [5, 5.41) is 4.19. The van der Waals surface area contributed by atoms with Gasteiger partial charge in [0.25, 0.3) is 0 Å². The summed E-state index contributed by atoms with van der Waals surface area (Å²) in [4.78, 5) is 0. The Morgan fingerprint density at radius 1 is 0.400 bits per heavy atom. The van der Waals surface area contributed by atoms with Crippen LogP contribution in [0.3, 0.4) is 0 Å². The molecule has 0 saturated carbocycles. The molecule has 3 rings (SSSR count). The summed E-state index contributed by atoms with van der Waals surface area (Å²) in [5.74, 6) is 0. The number of benzene rings is 3. The van der Waals surface area contributed by atoms with Gasteiger partial charge in [-0.3, -0.25) is 0 Å². The molecule has 93 valence electrons. The van der Waals surface area contributed by atoms with E-state index in [0.29, 0.717) is 0 Å². The van der Waals surface area contributed by atoms with Crippen molar-refractivity contribution in [2.75, 3.05) is 0 Å². The normalized spacial score (nSPS) is 10.1. The topological polar surface area (TPSA) is 0 Å². The van der Waals surface area contributed by atoms with E-state index < -0.39 is 7.92 Å². The fourth-order valence-corrected chi connectivity index (χ4v) is 4.48. The predicted molar refractivity (Wildman–Crippen MR) is 90.9 cm³/mol. The van der Waals surface area contributed by atoms with Crippen LogP contribution in [-0.2, 0) is 0 Å². The molecule has 20 heavy (non-hydrogen) atoms. The Kier molecular flexibility index (Phi) is 7.06. The first-order valence-electron chi connectivity index (χ1n) is 6.40. The zero-order chi connectivity index (χ0) is 12.9. The van der Waals surface area contributed by atoms with Gasteiger partial charge in [-0.2, -0.15) is 0 Å². The maximum absolute atomic E-state index is 2.23. The van der Waals surface area contributed by atoms with E-state index in [1.54, 1.807) is 0 Å². The minimum absolute atomic E-state index is 0. The van der Waals surface area contributed by atoms with Crippen LogP contribution in [0.1, 0.15) is 0 Å². The summed E-state index contributed by atoms with van der Waals surface area (Å²) in [6.07, 6.45) is 0. The molecule has 0 spiro atoms. The van der Waals surface area contributed by atoms with Gasteiger partial charge in [-0.25, -0.2) is 0 Å². The number of hydrogen-bond acceptors (Lipinski definition) is 0. The van der Waals surface area contributed by atoms with Gasteiger partial charge in [0.15, 0.2) is 0 Å². The Labute approximate surface area is 180 Å². The van der Waals surface area contributed by atoms with E-state index in [1.165, 1.54) is 15.9 Å². The molecule has 0 heterocycles. The molecule has 3 aromatic rings. The Morgan fingerprint density at radius 3 is 0.900 bits per heavy atom. The van der Waals surface area contributed by atoms with E-state index in [4.69, 9.17) is 0 Å². The molecule has 0 atom stereocenters. The van der Waals surface area contributed by atoms with Crippen LogP contribution in [-0.4, -0.2) is 68.9 Å². The summed E-state index contributed by atoms with van der Waals surface area (Å²) in [6.45, 7) is 0. The van der Waals surface area contributed by atoms with Gasteiger partial charge in [-0.15, -0.1) is 0 Å². The zero-order valence-corrected chi connectivity index (χ0v) is 18.8. The molecule has 0 fully saturated rings. The minimum atomic E-state index is -0.446. The number of hydrogen-bond donors (Lipinski definition) is 0. The summed E-state index contributed by atoms with van der Waals surface area (Å²) in [6, 6.07) is 32.3. The van der Waals surface area contributed by atoms with E-state index in [1.807, 2.05) is 0 Å². The molecule has 0 aliphatic rings. The van der Waals surface area contributed by atoms with Crippen LogP contribution in [0.5, 0.6) is 0 Å². The van der Waals surface area contributed by atoms with Gasteiger partial charge < -0.3 is 0 Å². The fraction of sp³-hybridized carbons (Fsp3) is 0. The van der Waals surface area contributed by atoms with E-state index in [0.717, 1.165) is 0 Å². The average molecular weight is 395 g/mol. The smallest absolute Gasteiger partial charge is 0 e. The van der Waals surface area contributed by atoms with E-state index in [9.17, 15) is 0 Å². The third kappa shape index (κ3) is 4.08. The zero-order valence-electron chi connectivity index (χ0n) is 11.6. The molecule has 2 heteroatoms. The molecule has 0 nitrogen and oxygen atoms in total. The maximum atomic E-state index is 2.23. The van der Waals surface area contributed by atoms with Crippen LogP contribution < -0.4 is 15.9 Å². The van der Waals surface area contributed by atoms with Crippen molar-refractivity contribution in [3.05, 3.63) is 91.0 Å². The van der Waals surface area contributed by atoms with Crippen LogP contribution in [0.25, 0.3) is 0 Å². The van der Waals surface area contributed by atoms with E-state index in [2.05, 4.69) is 91.0 Å². The first-order chi connectivity index (χ1) is 9.45. The first kappa shape index (κ1) is 16.5. The van der Waals surface area contributed by atoms with Gasteiger partial charge in [0.05, 0.1) is 0 Å². The van der Waals surface area contributed by atoms with Crippen LogP contribution in [0.15, 0.2) is 91.0 Å². The van der Waals surface area contributed by atoms with Crippen LogP contribution in [0.4, 0.5) is 0 Å². The summed E-state index contributed by atoms with van der Waals surface area (Å²) in [7, 11) is -0.446. The van der Waals surface area contributed by atoms with Crippen molar-refractivity contribution < 1.29 is 0 Å². The SMILES string of the molecule is [Cs].c1ccc(P(c2ccccc2)c2ccccc2)cc1. The predicted octanol–water partition coefficient (Wildman–Crippen LogP) is 3.06. The maximum Gasteiger partial charge on any atom is 0 e. The van der Waals surface area contributed by atoms with Crippen LogP contribution in [0, 0.1) is 0 Å². The fourth-order valence-electron chi connectivity index (χ4n) is 2.18. The summed E-state index contributed by atoms with van der Waals surface area (Å²) in [5.41, 5.74) is 0. The van der Waals surface area contributed by atoms with Gasteiger partial charge in [-0.1, -0.05) is 91.0 Å². The second-order valence-electron chi connectivity index (χ2n) is 4.34. The molecule has 0 aromatic heterocycles. The molecule has 0 aliphatic carbocycles. The van der Waals surface area contributed by atoms with Gasteiger partial charge >= 0.3 is 0 Å². The summed E-state index contributed by atoms with van der Waals surface area (Å²) < 4.78 is 0. The van der Waals surface area contributed by atoms with Crippen molar-refractivity contribution in [2.24, 2.45) is 0 Å². The van der Waals surface area contributed by atoms with Crippen molar-refractivity contribution in [1.82, 2.24) is 0 Å². The summed E-state index contributed by atoms with van der Waals surface area (Å²) >= 11 is 0. The van der Waals surface area contributed by atoms with Crippen molar-refractivity contribution in [1.29, 1.82) is 0 Å². The largest absolute Gasteiger partial charge is 0.0622 e.